The van der Waals surface area contributed by atoms with Crippen molar-refractivity contribution >= 4 is 17.4 Å². The molecule has 0 saturated heterocycles. The van der Waals surface area contributed by atoms with Gasteiger partial charge in [0.25, 0.3) is 0 Å². The molecule has 9 heteroatoms. The van der Waals surface area contributed by atoms with E-state index >= 15 is 0 Å². The van der Waals surface area contributed by atoms with E-state index < -0.39 is 5.91 Å². The van der Waals surface area contributed by atoms with Crippen LogP contribution >= 0.6 is 0 Å². The number of primary amides is 1. The highest BCUT2D eigenvalue weighted by molar-refractivity contribution is 6.05. The lowest BCUT2D eigenvalue weighted by atomic mass is 9.66. The Bertz CT molecular complexity index is 907. The molecule has 1 aliphatic carbocycles. The Balaban J connectivity index is 1.68. The zero-order chi connectivity index (χ0) is 20.1. The molecule has 0 bridgehead atoms. The van der Waals surface area contributed by atoms with Crippen LogP contribution in [0.5, 0.6) is 0 Å². The van der Waals surface area contributed by atoms with Crippen LogP contribution in [0.2, 0.25) is 0 Å². The number of rotatable bonds is 8. The van der Waals surface area contributed by atoms with Gasteiger partial charge in [-0.1, -0.05) is 13.0 Å². The fourth-order valence-electron chi connectivity index (χ4n) is 3.21. The van der Waals surface area contributed by atoms with Gasteiger partial charge in [-0.3, -0.25) is 9.78 Å². The third-order valence-electron chi connectivity index (χ3n) is 5.02. The largest absolute Gasteiger partial charge is 0.368 e. The molecule has 0 spiro atoms. The number of anilines is 1. The summed E-state index contributed by atoms with van der Waals surface area (Å²) in [6, 6.07) is 6.43. The summed E-state index contributed by atoms with van der Waals surface area (Å²) in [5.74, 6) is 5.01. The number of carbonyl (C=O) groups is 1. The predicted octanol–water partition coefficient (Wildman–Crippen LogP) is 1.64. The molecular formula is C19H22FN7O. The summed E-state index contributed by atoms with van der Waals surface area (Å²) in [6.07, 6.45) is 4.45. The first-order valence-electron chi connectivity index (χ1n) is 8.88. The summed E-state index contributed by atoms with van der Waals surface area (Å²) in [5.41, 5.74) is 6.29. The molecule has 1 aliphatic rings. The van der Waals surface area contributed by atoms with Crippen LogP contribution < -0.4 is 16.9 Å². The van der Waals surface area contributed by atoms with E-state index in [1.165, 1.54) is 6.07 Å². The van der Waals surface area contributed by atoms with E-state index in [1.54, 1.807) is 24.4 Å². The summed E-state index contributed by atoms with van der Waals surface area (Å²) in [5, 5.41) is 15.1. The van der Waals surface area contributed by atoms with Crippen LogP contribution in [0.3, 0.4) is 0 Å². The molecule has 0 atom stereocenters. The van der Waals surface area contributed by atoms with Crippen molar-refractivity contribution in [2.75, 3.05) is 11.9 Å². The third-order valence-corrected chi connectivity index (χ3v) is 5.02. The quantitative estimate of drug-likeness (QED) is 0.275. The van der Waals surface area contributed by atoms with Crippen LogP contribution in [0.15, 0.2) is 47.7 Å². The van der Waals surface area contributed by atoms with Gasteiger partial charge in [0.2, 0.25) is 5.91 Å². The second-order valence-corrected chi connectivity index (χ2v) is 6.85. The molecule has 5 N–H and O–H groups in total. The summed E-state index contributed by atoms with van der Waals surface area (Å²) in [4.78, 5) is 15.4. The van der Waals surface area contributed by atoms with Crippen LogP contribution in [0.4, 0.5) is 10.2 Å². The van der Waals surface area contributed by atoms with Gasteiger partial charge in [0.1, 0.15) is 17.3 Å². The lowest BCUT2D eigenvalue weighted by Crippen LogP contribution is -2.42. The van der Waals surface area contributed by atoms with Crippen molar-refractivity contribution in [2.24, 2.45) is 16.7 Å². The number of halogens is 1. The molecule has 28 heavy (non-hydrogen) atoms. The number of amides is 1. The van der Waals surface area contributed by atoms with Gasteiger partial charge in [0.15, 0.2) is 0 Å². The Hall–Kier alpha value is -3.36. The molecule has 146 valence electrons. The van der Waals surface area contributed by atoms with Crippen molar-refractivity contribution < 1.29 is 9.18 Å². The van der Waals surface area contributed by atoms with E-state index in [2.05, 4.69) is 32.2 Å². The van der Waals surface area contributed by atoms with Crippen LogP contribution in [0.25, 0.3) is 0 Å². The molecule has 1 fully saturated rings. The topological polar surface area (TPSA) is 132 Å². The molecule has 1 saturated carbocycles. The maximum Gasteiger partial charge on any atom is 0.244 e. The Kier molecular flexibility index (Phi) is 5.62. The molecule has 0 aromatic carbocycles. The summed E-state index contributed by atoms with van der Waals surface area (Å²) in [7, 11) is 0. The van der Waals surface area contributed by atoms with E-state index in [0.29, 0.717) is 29.5 Å². The van der Waals surface area contributed by atoms with Crippen LogP contribution in [0, 0.1) is 5.82 Å². The second-order valence-electron chi connectivity index (χ2n) is 6.85. The molecular weight excluding hydrogens is 361 g/mol. The van der Waals surface area contributed by atoms with Gasteiger partial charge in [-0.25, -0.2) is 4.39 Å². The second kappa shape index (κ2) is 8.12. The molecule has 0 unspecified atom stereocenters. The molecule has 2 aromatic heterocycles. The number of nitrogens with zero attached hydrogens (tertiary/aromatic N) is 4. The zero-order valence-electron chi connectivity index (χ0n) is 15.4. The number of hydrogen-bond acceptors (Lipinski definition) is 7. The zero-order valence-corrected chi connectivity index (χ0v) is 15.4. The van der Waals surface area contributed by atoms with Crippen LogP contribution in [0.1, 0.15) is 37.1 Å². The van der Waals surface area contributed by atoms with Gasteiger partial charge < -0.3 is 16.9 Å². The molecule has 8 nitrogen and oxygen atoms in total. The van der Waals surface area contributed by atoms with Crippen molar-refractivity contribution in [3.63, 3.8) is 0 Å². The van der Waals surface area contributed by atoms with E-state index in [-0.39, 0.29) is 23.2 Å². The standard InChI is InChI=1S/C19H22FN7O/c1-12(18(21)28)10-15(25-22)14-5-6-16(27-26-14)24-11-19(7-3-8-19)17-13(20)4-2-9-23-17/h2,4-6,9H,1,3,7-8,10-11,22H2,(H2,21,28)(H,24,27)/b25-15+. The summed E-state index contributed by atoms with van der Waals surface area (Å²) >= 11 is 0. The summed E-state index contributed by atoms with van der Waals surface area (Å²) < 4.78 is 14.2. The molecule has 2 heterocycles. The average Bonchev–Trinajstić information content (AvgIpc) is 2.66. The number of hydrogen-bond donors (Lipinski definition) is 3. The van der Waals surface area contributed by atoms with E-state index in [0.717, 1.165) is 19.3 Å². The maximum atomic E-state index is 14.2. The number of pyridine rings is 1. The maximum absolute atomic E-state index is 14.2. The molecule has 0 aliphatic heterocycles. The monoisotopic (exact) mass is 383 g/mol. The molecule has 3 rings (SSSR count). The first kappa shape index (κ1) is 19.4. The fourth-order valence-corrected chi connectivity index (χ4v) is 3.21. The van der Waals surface area contributed by atoms with Crippen molar-refractivity contribution in [2.45, 2.75) is 31.1 Å². The Labute approximate surface area is 161 Å². The Morgan fingerprint density at radius 3 is 2.64 bits per heavy atom. The lowest BCUT2D eigenvalue weighted by molar-refractivity contribution is -0.114. The number of nitrogens with two attached hydrogens (primary N) is 2. The SMILES string of the molecule is C=C(C/C(=N\N)c1ccc(NCC2(c3ncccc3F)CCC2)nn1)C(N)=O. The minimum absolute atomic E-state index is 0.0926. The predicted molar refractivity (Wildman–Crippen MR) is 104 cm³/mol. The van der Waals surface area contributed by atoms with Gasteiger partial charge >= 0.3 is 0 Å². The van der Waals surface area contributed by atoms with Crippen molar-refractivity contribution in [3.8, 4) is 0 Å². The van der Waals surface area contributed by atoms with Gasteiger partial charge in [-0.2, -0.15) is 5.10 Å². The smallest absolute Gasteiger partial charge is 0.244 e. The minimum Gasteiger partial charge on any atom is -0.368 e. The summed E-state index contributed by atoms with van der Waals surface area (Å²) in [6.45, 7) is 4.09. The van der Waals surface area contributed by atoms with Gasteiger partial charge in [-0.15, -0.1) is 10.2 Å². The van der Waals surface area contributed by atoms with Crippen LogP contribution in [-0.2, 0) is 10.2 Å². The Morgan fingerprint density at radius 1 is 1.32 bits per heavy atom. The van der Waals surface area contributed by atoms with Gasteiger partial charge in [-0.05, 0) is 37.1 Å². The first-order chi connectivity index (χ1) is 13.4. The third kappa shape index (κ3) is 3.98. The van der Waals surface area contributed by atoms with Crippen molar-refractivity contribution in [3.05, 3.63) is 59.8 Å². The minimum atomic E-state index is -0.625. The van der Waals surface area contributed by atoms with Crippen molar-refractivity contribution in [1.82, 2.24) is 15.2 Å². The van der Waals surface area contributed by atoms with E-state index in [9.17, 15) is 9.18 Å². The highest BCUT2D eigenvalue weighted by Gasteiger charge is 2.41. The van der Waals surface area contributed by atoms with Crippen molar-refractivity contribution in [1.29, 1.82) is 0 Å². The van der Waals surface area contributed by atoms with Gasteiger partial charge in [0.05, 0.1) is 11.4 Å². The molecule has 0 radical (unpaired) electrons. The average molecular weight is 383 g/mol. The number of hydrazone groups is 1. The fraction of sp³-hybridized carbons (Fsp3) is 0.316. The van der Waals surface area contributed by atoms with Gasteiger partial charge in [0, 0.05) is 30.2 Å². The highest BCUT2D eigenvalue weighted by Crippen LogP contribution is 2.43. The lowest BCUT2D eigenvalue weighted by Gasteiger charge is -2.41. The Morgan fingerprint density at radius 2 is 2.11 bits per heavy atom. The van der Waals surface area contributed by atoms with E-state index in [4.69, 9.17) is 11.6 Å². The number of aromatic nitrogens is 3. The number of carbonyl (C=O) groups excluding carboxylic acids is 1. The number of nitrogens with one attached hydrogen (secondary N) is 1. The normalized spacial score (nSPS) is 15.5. The molecule has 1 amide bonds. The molecule has 2 aromatic rings. The van der Waals surface area contributed by atoms with Crippen LogP contribution in [-0.4, -0.2) is 33.3 Å². The first-order valence-corrected chi connectivity index (χ1v) is 8.88. The van der Waals surface area contributed by atoms with E-state index in [1.807, 2.05) is 0 Å². The highest BCUT2D eigenvalue weighted by atomic mass is 19.1.